The van der Waals surface area contributed by atoms with Crippen molar-refractivity contribution in [1.29, 1.82) is 0 Å². The Morgan fingerprint density at radius 2 is 1.64 bits per heavy atom. The Kier molecular flexibility index (Phi) is 5.28. The summed E-state index contributed by atoms with van der Waals surface area (Å²) in [4.78, 5) is 26.0. The number of hydrogen-bond acceptors (Lipinski definition) is 6. The van der Waals surface area contributed by atoms with Crippen molar-refractivity contribution in [3.05, 3.63) is 60.2 Å². The predicted molar refractivity (Wildman–Crippen MR) is 101 cm³/mol. The van der Waals surface area contributed by atoms with E-state index in [1.807, 2.05) is 0 Å². The van der Waals surface area contributed by atoms with Crippen LogP contribution in [-0.4, -0.2) is 44.7 Å². The highest BCUT2D eigenvalue weighted by Gasteiger charge is 2.49. The SMILES string of the molecule is COc1ccc(C2(C)NC(=O)N(CCS(=O)(=O)Oc3ccccc3)C2=O)cc1. The Balaban J connectivity index is 1.71. The molecular formula is C19H20N2O6S. The van der Waals surface area contributed by atoms with Crippen LogP contribution in [0.15, 0.2) is 54.6 Å². The van der Waals surface area contributed by atoms with Crippen molar-refractivity contribution in [2.24, 2.45) is 0 Å². The van der Waals surface area contributed by atoms with Gasteiger partial charge in [-0.3, -0.25) is 9.69 Å². The minimum atomic E-state index is -3.97. The van der Waals surface area contributed by atoms with Gasteiger partial charge in [-0.2, -0.15) is 8.42 Å². The number of carbonyl (C=O) groups excluding carboxylic acids is 2. The third kappa shape index (κ3) is 3.94. The number of rotatable bonds is 7. The summed E-state index contributed by atoms with van der Waals surface area (Å²) in [5, 5.41) is 2.63. The van der Waals surface area contributed by atoms with E-state index < -0.39 is 33.3 Å². The number of benzene rings is 2. The van der Waals surface area contributed by atoms with Crippen molar-refractivity contribution < 1.29 is 26.9 Å². The molecule has 1 heterocycles. The summed E-state index contributed by atoms with van der Waals surface area (Å²) < 4.78 is 34.4. The van der Waals surface area contributed by atoms with E-state index in [9.17, 15) is 18.0 Å². The molecule has 3 rings (SSSR count). The minimum absolute atomic E-state index is 0.169. The van der Waals surface area contributed by atoms with Gasteiger partial charge in [0.25, 0.3) is 5.91 Å². The number of nitrogens with one attached hydrogen (secondary N) is 1. The van der Waals surface area contributed by atoms with Gasteiger partial charge in [-0.25, -0.2) is 4.79 Å². The predicted octanol–water partition coefficient (Wildman–Crippen LogP) is 1.87. The molecule has 1 aliphatic heterocycles. The molecule has 0 aromatic heterocycles. The van der Waals surface area contributed by atoms with E-state index in [0.29, 0.717) is 11.3 Å². The van der Waals surface area contributed by atoms with Gasteiger partial charge in [0.15, 0.2) is 0 Å². The van der Waals surface area contributed by atoms with Crippen molar-refractivity contribution in [3.63, 3.8) is 0 Å². The van der Waals surface area contributed by atoms with Crippen LogP contribution in [0.25, 0.3) is 0 Å². The number of nitrogens with zero attached hydrogens (tertiary/aromatic N) is 1. The molecule has 0 spiro atoms. The number of carbonyl (C=O) groups is 2. The molecule has 0 aliphatic carbocycles. The van der Waals surface area contributed by atoms with Crippen LogP contribution in [-0.2, 0) is 20.5 Å². The third-order valence-electron chi connectivity index (χ3n) is 4.47. The Morgan fingerprint density at radius 3 is 2.25 bits per heavy atom. The maximum Gasteiger partial charge on any atom is 0.325 e. The minimum Gasteiger partial charge on any atom is -0.497 e. The molecule has 148 valence electrons. The molecule has 0 bridgehead atoms. The molecule has 9 heteroatoms. The van der Waals surface area contributed by atoms with E-state index in [-0.39, 0.29) is 12.3 Å². The quantitative estimate of drug-likeness (QED) is 0.558. The Hall–Kier alpha value is -3.07. The zero-order chi connectivity index (χ0) is 20.4. The van der Waals surface area contributed by atoms with Crippen LogP contribution >= 0.6 is 0 Å². The fourth-order valence-electron chi connectivity index (χ4n) is 2.89. The molecule has 1 N–H and O–H groups in total. The number of methoxy groups -OCH3 is 1. The van der Waals surface area contributed by atoms with E-state index in [4.69, 9.17) is 8.92 Å². The van der Waals surface area contributed by atoms with Gasteiger partial charge in [-0.05, 0) is 36.8 Å². The molecule has 1 unspecified atom stereocenters. The molecular weight excluding hydrogens is 384 g/mol. The zero-order valence-corrected chi connectivity index (χ0v) is 16.2. The smallest absolute Gasteiger partial charge is 0.325 e. The summed E-state index contributed by atoms with van der Waals surface area (Å²) >= 11 is 0. The molecule has 8 nitrogen and oxygen atoms in total. The van der Waals surface area contributed by atoms with Gasteiger partial charge in [0.05, 0.1) is 7.11 Å². The lowest BCUT2D eigenvalue weighted by Gasteiger charge is -2.22. The van der Waals surface area contributed by atoms with E-state index in [0.717, 1.165) is 4.90 Å². The van der Waals surface area contributed by atoms with Crippen LogP contribution in [0.4, 0.5) is 4.79 Å². The number of para-hydroxylation sites is 1. The number of ether oxygens (including phenoxy) is 1. The fraction of sp³-hybridized carbons (Fsp3) is 0.263. The van der Waals surface area contributed by atoms with Gasteiger partial charge in [-0.15, -0.1) is 0 Å². The Morgan fingerprint density at radius 1 is 1.00 bits per heavy atom. The average molecular weight is 404 g/mol. The van der Waals surface area contributed by atoms with Crippen molar-refractivity contribution >= 4 is 22.1 Å². The van der Waals surface area contributed by atoms with Gasteiger partial charge in [0, 0.05) is 6.54 Å². The van der Waals surface area contributed by atoms with Crippen LogP contribution < -0.4 is 14.2 Å². The highest BCUT2D eigenvalue weighted by atomic mass is 32.2. The fourth-order valence-corrected chi connectivity index (χ4v) is 3.78. The first kappa shape index (κ1) is 19.7. The van der Waals surface area contributed by atoms with Crippen molar-refractivity contribution in [2.45, 2.75) is 12.5 Å². The van der Waals surface area contributed by atoms with E-state index in [1.165, 1.54) is 19.2 Å². The van der Waals surface area contributed by atoms with Gasteiger partial charge in [-0.1, -0.05) is 30.3 Å². The maximum atomic E-state index is 12.8. The summed E-state index contributed by atoms with van der Waals surface area (Å²) in [6.45, 7) is 1.26. The highest BCUT2D eigenvalue weighted by Crippen LogP contribution is 2.30. The molecule has 1 saturated heterocycles. The average Bonchev–Trinajstić information content (AvgIpc) is 2.90. The summed E-state index contributed by atoms with van der Waals surface area (Å²) in [6, 6.07) is 14.1. The second-order valence-electron chi connectivity index (χ2n) is 6.40. The topological polar surface area (TPSA) is 102 Å². The normalized spacial score (nSPS) is 19.4. The van der Waals surface area contributed by atoms with Gasteiger partial charge in [0.2, 0.25) is 0 Å². The molecule has 1 fully saturated rings. The maximum absolute atomic E-state index is 12.8. The van der Waals surface area contributed by atoms with E-state index in [2.05, 4.69) is 5.32 Å². The first-order valence-electron chi connectivity index (χ1n) is 8.51. The number of urea groups is 1. The van der Waals surface area contributed by atoms with Crippen molar-refractivity contribution in [3.8, 4) is 11.5 Å². The van der Waals surface area contributed by atoms with Crippen LogP contribution in [0, 0.1) is 0 Å². The Bertz CT molecular complexity index is 975. The first-order chi connectivity index (χ1) is 13.2. The lowest BCUT2D eigenvalue weighted by molar-refractivity contribution is -0.130. The van der Waals surface area contributed by atoms with Crippen LogP contribution in [0.3, 0.4) is 0 Å². The zero-order valence-electron chi connectivity index (χ0n) is 15.4. The first-order valence-corrected chi connectivity index (χ1v) is 10.1. The number of imide groups is 1. The molecule has 2 aromatic carbocycles. The van der Waals surface area contributed by atoms with Crippen LogP contribution in [0.2, 0.25) is 0 Å². The summed E-state index contributed by atoms with van der Waals surface area (Å²) in [5.74, 6) is -0.259. The Labute approximate surface area is 163 Å². The molecule has 1 aliphatic rings. The van der Waals surface area contributed by atoms with Gasteiger partial charge >= 0.3 is 16.1 Å². The summed E-state index contributed by atoms with van der Waals surface area (Å²) in [7, 11) is -2.44. The molecule has 0 saturated carbocycles. The van der Waals surface area contributed by atoms with Gasteiger partial charge in [0.1, 0.15) is 22.8 Å². The second-order valence-corrected chi connectivity index (χ2v) is 8.09. The molecule has 28 heavy (non-hydrogen) atoms. The summed E-state index contributed by atoms with van der Waals surface area (Å²) in [5.41, 5.74) is -0.717. The standard InChI is InChI=1S/C19H20N2O6S/c1-19(14-8-10-15(26-2)11-9-14)17(22)21(18(23)20-19)12-13-28(24,25)27-16-6-4-3-5-7-16/h3-11H,12-13H2,1-2H3,(H,20,23). The molecule has 0 radical (unpaired) electrons. The molecule has 2 aromatic rings. The monoisotopic (exact) mass is 404 g/mol. The second kappa shape index (κ2) is 7.51. The lowest BCUT2D eigenvalue weighted by Crippen LogP contribution is -2.41. The molecule has 3 amide bonds. The van der Waals surface area contributed by atoms with E-state index in [1.54, 1.807) is 49.4 Å². The van der Waals surface area contributed by atoms with Crippen LogP contribution in [0.5, 0.6) is 11.5 Å². The van der Waals surface area contributed by atoms with Crippen LogP contribution in [0.1, 0.15) is 12.5 Å². The van der Waals surface area contributed by atoms with Crippen molar-refractivity contribution in [1.82, 2.24) is 10.2 Å². The third-order valence-corrected chi connectivity index (χ3v) is 5.60. The molecule has 1 atom stereocenters. The number of amides is 3. The highest BCUT2D eigenvalue weighted by molar-refractivity contribution is 7.87. The lowest BCUT2D eigenvalue weighted by atomic mass is 9.92. The number of hydrogen-bond donors (Lipinski definition) is 1. The van der Waals surface area contributed by atoms with Crippen molar-refractivity contribution in [2.75, 3.05) is 19.4 Å². The van der Waals surface area contributed by atoms with Gasteiger partial charge < -0.3 is 14.2 Å². The largest absolute Gasteiger partial charge is 0.497 e. The van der Waals surface area contributed by atoms with E-state index >= 15 is 0 Å². The summed E-state index contributed by atoms with van der Waals surface area (Å²) in [6.07, 6.45) is 0.